The molecule has 0 radical (unpaired) electrons. The zero-order valence-electron chi connectivity index (χ0n) is 16.8. The van der Waals surface area contributed by atoms with E-state index in [0.29, 0.717) is 41.7 Å². The Kier molecular flexibility index (Phi) is 5.37. The van der Waals surface area contributed by atoms with Crippen LogP contribution < -0.4 is 14.8 Å². The Labute approximate surface area is 172 Å². The van der Waals surface area contributed by atoms with Crippen LogP contribution in [0.15, 0.2) is 36.5 Å². The number of aromatic nitrogens is 3. The van der Waals surface area contributed by atoms with Crippen LogP contribution in [0.1, 0.15) is 16.1 Å². The van der Waals surface area contributed by atoms with Gasteiger partial charge < -0.3 is 19.5 Å². The summed E-state index contributed by atoms with van der Waals surface area (Å²) in [5, 5.41) is 7.11. The fourth-order valence-corrected chi connectivity index (χ4v) is 3.28. The molecule has 156 valence electrons. The largest absolute Gasteiger partial charge is 0.481 e. The molecule has 3 heterocycles. The first-order valence-electron chi connectivity index (χ1n) is 9.34. The number of hydrogen-bond donors (Lipinski definition) is 1. The van der Waals surface area contributed by atoms with Gasteiger partial charge in [-0.05, 0) is 30.7 Å². The fourth-order valence-electron chi connectivity index (χ4n) is 3.28. The molecule has 4 rings (SSSR count). The van der Waals surface area contributed by atoms with Crippen molar-refractivity contribution in [2.75, 3.05) is 26.1 Å². The molecule has 2 aromatic heterocycles. The molecule has 0 aliphatic carbocycles. The molecule has 1 N–H and O–H groups in total. The first kappa shape index (κ1) is 19.8. The third-order valence-corrected chi connectivity index (χ3v) is 5.00. The molecule has 1 atom stereocenters. The maximum Gasteiger partial charge on any atom is 0.276 e. The van der Waals surface area contributed by atoms with Gasteiger partial charge in [0.25, 0.3) is 5.91 Å². The molecule has 8 nitrogen and oxygen atoms in total. The highest BCUT2D eigenvalue weighted by atomic mass is 19.1. The van der Waals surface area contributed by atoms with Crippen molar-refractivity contribution >= 4 is 11.6 Å². The van der Waals surface area contributed by atoms with Crippen LogP contribution in [-0.4, -0.2) is 47.6 Å². The molecule has 0 saturated carbocycles. The van der Waals surface area contributed by atoms with Gasteiger partial charge in [0.2, 0.25) is 11.8 Å². The van der Waals surface area contributed by atoms with Crippen molar-refractivity contribution < 1.29 is 23.4 Å². The molecule has 1 aromatic carbocycles. The first-order chi connectivity index (χ1) is 14.5. The summed E-state index contributed by atoms with van der Waals surface area (Å²) in [7, 11) is 3.11. The van der Waals surface area contributed by atoms with E-state index in [1.54, 1.807) is 49.2 Å². The fraction of sp³-hybridized carbons (Fsp3) is 0.286. The SMILES string of the molecule is COc1cc(-c2ccc(F)c(C)c2NC(=O)c2cc3n(n2)CC(OC)CO3)ccn1. The average molecular weight is 412 g/mol. The minimum atomic E-state index is -0.467. The number of carbonyl (C=O) groups excluding carboxylic acids is 1. The summed E-state index contributed by atoms with van der Waals surface area (Å²) in [4.78, 5) is 17.0. The molecular formula is C21H21FN4O4. The summed E-state index contributed by atoms with van der Waals surface area (Å²) in [6.07, 6.45) is 1.46. The van der Waals surface area contributed by atoms with Gasteiger partial charge in [0.1, 0.15) is 18.5 Å². The lowest BCUT2D eigenvalue weighted by Crippen LogP contribution is -2.31. The summed E-state index contributed by atoms with van der Waals surface area (Å²) in [5.74, 6) is 0.0119. The van der Waals surface area contributed by atoms with Crippen LogP contribution in [0.3, 0.4) is 0 Å². The summed E-state index contributed by atoms with van der Waals surface area (Å²) >= 11 is 0. The maximum absolute atomic E-state index is 14.3. The van der Waals surface area contributed by atoms with E-state index in [-0.39, 0.29) is 11.8 Å². The van der Waals surface area contributed by atoms with Crippen LogP contribution in [0, 0.1) is 12.7 Å². The number of pyridine rings is 1. The average Bonchev–Trinajstić information content (AvgIpc) is 3.20. The highest BCUT2D eigenvalue weighted by Crippen LogP contribution is 2.34. The van der Waals surface area contributed by atoms with E-state index in [2.05, 4.69) is 15.4 Å². The monoisotopic (exact) mass is 412 g/mol. The molecule has 9 heteroatoms. The van der Waals surface area contributed by atoms with Gasteiger partial charge in [0.15, 0.2) is 5.69 Å². The Morgan fingerprint density at radius 3 is 2.90 bits per heavy atom. The predicted octanol–water partition coefficient (Wildman–Crippen LogP) is 3.06. The van der Waals surface area contributed by atoms with E-state index in [9.17, 15) is 9.18 Å². The topological polar surface area (TPSA) is 87.5 Å². The van der Waals surface area contributed by atoms with E-state index in [1.165, 1.54) is 13.2 Å². The second-order valence-corrected chi connectivity index (χ2v) is 6.85. The Morgan fingerprint density at radius 2 is 2.13 bits per heavy atom. The summed E-state index contributed by atoms with van der Waals surface area (Å²) < 4.78 is 31.9. The zero-order chi connectivity index (χ0) is 21.3. The number of benzene rings is 1. The van der Waals surface area contributed by atoms with Crippen molar-refractivity contribution in [2.45, 2.75) is 19.6 Å². The number of nitrogens with one attached hydrogen (secondary N) is 1. The number of amides is 1. The van der Waals surface area contributed by atoms with E-state index < -0.39 is 11.7 Å². The molecule has 0 saturated heterocycles. The molecule has 3 aromatic rings. The molecule has 0 spiro atoms. The second-order valence-electron chi connectivity index (χ2n) is 6.85. The molecule has 30 heavy (non-hydrogen) atoms. The van der Waals surface area contributed by atoms with Crippen molar-refractivity contribution in [3.05, 3.63) is 53.6 Å². The summed E-state index contributed by atoms with van der Waals surface area (Å²) in [6, 6.07) is 8.01. The van der Waals surface area contributed by atoms with Crippen LogP contribution in [0.4, 0.5) is 10.1 Å². The number of hydrogen-bond acceptors (Lipinski definition) is 6. The first-order valence-corrected chi connectivity index (χ1v) is 9.34. The summed E-state index contributed by atoms with van der Waals surface area (Å²) in [5.41, 5.74) is 2.22. The Morgan fingerprint density at radius 1 is 1.30 bits per heavy atom. The van der Waals surface area contributed by atoms with E-state index in [1.807, 2.05) is 0 Å². The number of fused-ring (bicyclic) bond motifs is 1. The van der Waals surface area contributed by atoms with Crippen LogP contribution in [-0.2, 0) is 11.3 Å². The van der Waals surface area contributed by atoms with Crippen LogP contribution in [0.25, 0.3) is 11.1 Å². The lowest BCUT2D eigenvalue weighted by Gasteiger charge is -2.22. The minimum Gasteiger partial charge on any atom is -0.481 e. The molecule has 1 amide bonds. The summed E-state index contributed by atoms with van der Waals surface area (Å²) in [6.45, 7) is 2.48. The van der Waals surface area contributed by atoms with Gasteiger partial charge in [-0.25, -0.2) is 14.1 Å². The molecule has 1 unspecified atom stereocenters. The lowest BCUT2D eigenvalue weighted by atomic mass is 10.0. The number of ether oxygens (including phenoxy) is 3. The number of anilines is 1. The van der Waals surface area contributed by atoms with Gasteiger partial charge in [0.05, 0.1) is 19.3 Å². The van der Waals surface area contributed by atoms with Crippen molar-refractivity contribution in [3.63, 3.8) is 0 Å². The van der Waals surface area contributed by atoms with Crippen molar-refractivity contribution in [3.8, 4) is 22.9 Å². The number of nitrogens with zero attached hydrogens (tertiary/aromatic N) is 3. The van der Waals surface area contributed by atoms with E-state index in [0.717, 1.165) is 5.56 Å². The highest BCUT2D eigenvalue weighted by Gasteiger charge is 2.24. The van der Waals surface area contributed by atoms with Crippen LogP contribution >= 0.6 is 0 Å². The molecule has 1 aliphatic rings. The highest BCUT2D eigenvalue weighted by molar-refractivity contribution is 6.06. The second kappa shape index (κ2) is 8.11. The van der Waals surface area contributed by atoms with E-state index >= 15 is 0 Å². The van der Waals surface area contributed by atoms with Crippen LogP contribution in [0.2, 0.25) is 0 Å². The molecule has 0 fully saturated rings. The Bertz CT molecular complexity index is 1100. The third-order valence-electron chi connectivity index (χ3n) is 5.00. The van der Waals surface area contributed by atoms with Gasteiger partial charge in [-0.15, -0.1) is 0 Å². The smallest absolute Gasteiger partial charge is 0.276 e. The number of rotatable bonds is 5. The Hall–Kier alpha value is -3.46. The van der Waals surface area contributed by atoms with Crippen molar-refractivity contribution in [1.29, 1.82) is 0 Å². The van der Waals surface area contributed by atoms with Gasteiger partial charge in [0, 0.05) is 36.6 Å². The normalized spacial score (nSPS) is 15.3. The molecule has 0 bridgehead atoms. The quantitative estimate of drug-likeness (QED) is 0.693. The van der Waals surface area contributed by atoms with Gasteiger partial charge in [-0.1, -0.05) is 0 Å². The zero-order valence-corrected chi connectivity index (χ0v) is 16.8. The molecular weight excluding hydrogens is 391 g/mol. The third kappa shape index (κ3) is 3.71. The van der Waals surface area contributed by atoms with Gasteiger partial charge >= 0.3 is 0 Å². The van der Waals surface area contributed by atoms with Gasteiger partial charge in [-0.2, -0.15) is 5.10 Å². The lowest BCUT2D eigenvalue weighted by molar-refractivity contribution is 0.0179. The maximum atomic E-state index is 14.3. The molecule has 1 aliphatic heterocycles. The predicted molar refractivity (Wildman–Crippen MR) is 107 cm³/mol. The number of halogens is 1. The number of carbonyl (C=O) groups is 1. The Balaban J connectivity index is 1.67. The van der Waals surface area contributed by atoms with E-state index in [4.69, 9.17) is 14.2 Å². The minimum absolute atomic E-state index is 0.132. The van der Waals surface area contributed by atoms with Crippen molar-refractivity contribution in [2.24, 2.45) is 0 Å². The standard InChI is InChI=1S/C21H21FN4O4/c1-12-16(22)5-4-15(13-6-7-23-18(8-13)29-3)20(12)24-21(27)17-9-19-26(25-17)10-14(28-2)11-30-19/h4-9,14H,10-11H2,1-3H3,(H,24,27). The van der Waals surface area contributed by atoms with Gasteiger partial charge in [-0.3, -0.25) is 4.79 Å². The van der Waals surface area contributed by atoms with Crippen molar-refractivity contribution in [1.82, 2.24) is 14.8 Å². The number of methoxy groups -OCH3 is 2. The van der Waals surface area contributed by atoms with Crippen LogP contribution in [0.5, 0.6) is 11.8 Å².